The Kier molecular flexibility index (Phi) is 3.89. The molecule has 4 nitrogen and oxygen atoms in total. The van der Waals surface area contributed by atoms with Gasteiger partial charge in [0.05, 0.1) is 11.4 Å². The van der Waals surface area contributed by atoms with Crippen molar-refractivity contribution in [2.24, 2.45) is 0 Å². The van der Waals surface area contributed by atoms with Crippen molar-refractivity contribution in [3.05, 3.63) is 75.8 Å². The smallest absolute Gasteiger partial charge is 0.256 e. The molecule has 1 amide bonds. The third-order valence-electron chi connectivity index (χ3n) is 4.47. The van der Waals surface area contributed by atoms with Gasteiger partial charge in [-0.1, -0.05) is 11.6 Å². The Hall–Kier alpha value is -2.92. The average molecular weight is 368 g/mol. The van der Waals surface area contributed by atoms with E-state index in [4.69, 9.17) is 11.6 Å². The van der Waals surface area contributed by atoms with Crippen LogP contribution in [0.3, 0.4) is 0 Å². The molecule has 6 heteroatoms. The Bertz CT molecular complexity index is 1070. The average Bonchev–Trinajstić information content (AvgIpc) is 3.07. The van der Waals surface area contributed by atoms with Crippen molar-refractivity contribution in [1.29, 1.82) is 0 Å². The highest BCUT2D eigenvalue weighted by Crippen LogP contribution is 2.35. The molecule has 3 aromatic rings. The Morgan fingerprint density at radius 3 is 2.62 bits per heavy atom. The molecule has 2 heterocycles. The van der Waals surface area contributed by atoms with Gasteiger partial charge in [-0.25, -0.2) is 9.07 Å². The van der Waals surface area contributed by atoms with E-state index >= 15 is 0 Å². The minimum Gasteiger partial charge on any atom is -0.321 e. The van der Waals surface area contributed by atoms with Gasteiger partial charge >= 0.3 is 0 Å². The Balaban J connectivity index is 1.83. The van der Waals surface area contributed by atoms with Crippen LogP contribution in [-0.2, 0) is 4.79 Å². The second kappa shape index (κ2) is 6.11. The summed E-state index contributed by atoms with van der Waals surface area (Å²) < 4.78 is 14.9. The lowest BCUT2D eigenvalue weighted by molar-refractivity contribution is -0.110. The quantitative estimate of drug-likeness (QED) is 0.663. The SMILES string of the molecule is Cc1nn(-c2ccc(F)cc2)c(C)c1C=C1C(=O)Nc2ccc(Cl)cc21. The van der Waals surface area contributed by atoms with Crippen molar-refractivity contribution >= 4 is 34.8 Å². The van der Waals surface area contributed by atoms with Crippen LogP contribution in [0.5, 0.6) is 0 Å². The molecule has 1 aromatic heterocycles. The van der Waals surface area contributed by atoms with E-state index in [0.717, 1.165) is 33.9 Å². The zero-order valence-corrected chi connectivity index (χ0v) is 14.9. The van der Waals surface area contributed by atoms with E-state index in [1.807, 2.05) is 19.9 Å². The Morgan fingerprint density at radius 1 is 1.15 bits per heavy atom. The fourth-order valence-corrected chi connectivity index (χ4v) is 3.32. The summed E-state index contributed by atoms with van der Waals surface area (Å²) in [5, 5.41) is 7.96. The molecule has 0 atom stereocenters. The lowest BCUT2D eigenvalue weighted by Gasteiger charge is -2.04. The Morgan fingerprint density at radius 2 is 1.88 bits per heavy atom. The molecular formula is C20H15ClFN3O. The van der Waals surface area contributed by atoms with E-state index in [1.54, 1.807) is 35.0 Å². The van der Waals surface area contributed by atoms with E-state index in [2.05, 4.69) is 10.4 Å². The summed E-state index contributed by atoms with van der Waals surface area (Å²) in [7, 11) is 0. The van der Waals surface area contributed by atoms with Crippen LogP contribution in [-0.4, -0.2) is 15.7 Å². The van der Waals surface area contributed by atoms with E-state index in [1.165, 1.54) is 12.1 Å². The van der Waals surface area contributed by atoms with E-state index in [-0.39, 0.29) is 11.7 Å². The lowest BCUT2D eigenvalue weighted by Crippen LogP contribution is -2.03. The molecule has 0 bridgehead atoms. The van der Waals surface area contributed by atoms with Crippen LogP contribution in [0, 0.1) is 19.7 Å². The molecule has 1 N–H and O–H groups in total. The number of carbonyl (C=O) groups excluding carboxylic acids is 1. The summed E-state index contributed by atoms with van der Waals surface area (Å²) in [6.07, 6.45) is 1.83. The predicted octanol–water partition coefficient (Wildman–Crippen LogP) is 4.77. The first-order valence-corrected chi connectivity index (χ1v) is 8.47. The molecule has 0 aliphatic carbocycles. The van der Waals surface area contributed by atoms with Crippen molar-refractivity contribution in [3.8, 4) is 5.69 Å². The van der Waals surface area contributed by atoms with Crippen LogP contribution >= 0.6 is 11.6 Å². The number of aryl methyl sites for hydroxylation is 1. The number of amides is 1. The fourth-order valence-electron chi connectivity index (χ4n) is 3.15. The van der Waals surface area contributed by atoms with Crippen LogP contribution in [0.2, 0.25) is 5.02 Å². The van der Waals surface area contributed by atoms with Gasteiger partial charge < -0.3 is 5.32 Å². The normalized spacial score (nSPS) is 14.6. The number of carbonyl (C=O) groups is 1. The number of anilines is 1. The molecule has 0 saturated carbocycles. The second-order valence-electron chi connectivity index (χ2n) is 6.17. The maximum absolute atomic E-state index is 13.2. The summed E-state index contributed by atoms with van der Waals surface area (Å²) in [5.74, 6) is -0.468. The van der Waals surface area contributed by atoms with Gasteiger partial charge in [-0.2, -0.15) is 5.10 Å². The van der Waals surface area contributed by atoms with E-state index < -0.39 is 0 Å². The Labute approximate surface area is 154 Å². The van der Waals surface area contributed by atoms with Crippen molar-refractivity contribution in [2.45, 2.75) is 13.8 Å². The molecule has 0 unspecified atom stereocenters. The molecule has 0 fully saturated rings. The first-order valence-electron chi connectivity index (χ1n) is 8.09. The number of rotatable bonds is 2. The van der Waals surface area contributed by atoms with Gasteiger partial charge in [0.2, 0.25) is 0 Å². The van der Waals surface area contributed by atoms with Gasteiger partial charge in [0.1, 0.15) is 5.82 Å². The topological polar surface area (TPSA) is 46.9 Å². The molecule has 2 aromatic carbocycles. The fraction of sp³-hybridized carbons (Fsp3) is 0.100. The number of nitrogens with one attached hydrogen (secondary N) is 1. The summed E-state index contributed by atoms with van der Waals surface area (Å²) in [4.78, 5) is 12.4. The molecule has 0 radical (unpaired) electrons. The summed E-state index contributed by atoms with van der Waals surface area (Å²) in [6.45, 7) is 3.80. The number of hydrogen-bond donors (Lipinski definition) is 1. The maximum Gasteiger partial charge on any atom is 0.256 e. The first-order chi connectivity index (χ1) is 12.4. The molecular weight excluding hydrogens is 353 g/mol. The van der Waals surface area contributed by atoms with Crippen LogP contribution in [0.25, 0.3) is 17.3 Å². The minimum absolute atomic E-state index is 0.171. The monoisotopic (exact) mass is 367 g/mol. The van der Waals surface area contributed by atoms with Crippen molar-refractivity contribution in [1.82, 2.24) is 9.78 Å². The third-order valence-corrected chi connectivity index (χ3v) is 4.71. The standard InChI is InChI=1S/C20H15ClFN3O/c1-11-16(12(2)25(24-11)15-6-4-14(22)5-7-15)10-18-17-9-13(21)3-8-19(17)23-20(18)26/h3-10H,1-2H3,(H,23,26). The van der Waals surface area contributed by atoms with Crippen LogP contribution in [0.15, 0.2) is 42.5 Å². The molecule has 26 heavy (non-hydrogen) atoms. The van der Waals surface area contributed by atoms with Gasteiger partial charge in [-0.3, -0.25) is 4.79 Å². The zero-order chi connectivity index (χ0) is 18.4. The molecule has 1 aliphatic heterocycles. The lowest BCUT2D eigenvalue weighted by atomic mass is 10.0. The minimum atomic E-state index is -0.297. The molecule has 0 spiro atoms. The summed E-state index contributed by atoms with van der Waals surface area (Å²) in [6, 6.07) is 11.4. The van der Waals surface area contributed by atoms with Crippen LogP contribution in [0.4, 0.5) is 10.1 Å². The van der Waals surface area contributed by atoms with Crippen molar-refractivity contribution < 1.29 is 9.18 Å². The predicted molar refractivity (Wildman–Crippen MR) is 101 cm³/mol. The highest BCUT2D eigenvalue weighted by atomic mass is 35.5. The van der Waals surface area contributed by atoms with Gasteiger partial charge in [0.25, 0.3) is 5.91 Å². The van der Waals surface area contributed by atoms with Crippen LogP contribution in [0.1, 0.15) is 22.5 Å². The molecule has 1 aliphatic rings. The number of nitrogens with zero attached hydrogens (tertiary/aromatic N) is 2. The van der Waals surface area contributed by atoms with Gasteiger partial charge in [0.15, 0.2) is 0 Å². The molecule has 130 valence electrons. The van der Waals surface area contributed by atoms with Gasteiger partial charge in [-0.05, 0) is 62.4 Å². The molecule has 0 saturated heterocycles. The third kappa shape index (κ3) is 2.70. The van der Waals surface area contributed by atoms with Crippen LogP contribution < -0.4 is 5.32 Å². The maximum atomic E-state index is 13.2. The summed E-state index contributed by atoms with van der Waals surface area (Å²) >= 11 is 6.09. The highest BCUT2D eigenvalue weighted by Gasteiger charge is 2.25. The summed E-state index contributed by atoms with van der Waals surface area (Å²) in [5.41, 5.74) is 5.32. The van der Waals surface area contributed by atoms with E-state index in [0.29, 0.717) is 10.6 Å². The first kappa shape index (κ1) is 16.5. The number of halogens is 2. The zero-order valence-electron chi connectivity index (χ0n) is 14.2. The van der Waals surface area contributed by atoms with Crippen molar-refractivity contribution in [2.75, 3.05) is 5.32 Å². The van der Waals surface area contributed by atoms with E-state index in [9.17, 15) is 9.18 Å². The van der Waals surface area contributed by atoms with Gasteiger partial charge in [-0.15, -0.1) is 0 Å². The number of aromatic nitrogens is 2. The highest BCUT2D eigenvalue weighted by molar-refractivity contribution is 6.36. The van der Waals surface area contributed by atoms with Gasteiger partial charge in [0, 0.05) is 33.1 Å². The number of fused-ring (bicyclic) bond motifs is 1. The largest absolute Gasteiger partial charge is 0.321 e. The molecule has 4 rings (SSSR count). The number of hydrogen-bond acceptors (Lipinski definition) is 2. The second-order valence-corrected chi connectivity index (χ2v) is 6.61. The number of benzene rings is 2. The van der Waals surface area contributed by atoms with Crippen molar-refractivity contribution in [3.63, 3.8) is 0 Å².